The minimum atomic E-state index is -0.183. The lowest BCUT2D eigenvalue weighted by Gasteiger charge is -2.09. The molecule has 1 heterocycles. The molecule has 4 rings (SSSR count). The molecule has 1 N–H and O–H groups in total. The van der Waals surface area contributed by atoms with Crippen LogP contribution in [0.3, 0.4) is 0 Å². The molecule has 3 aromatic carbocycles. The summed E-state index contributed by atoms with van der Waals surface area (Å²) in [6.45, 7) is 0.430. The number of amidine groups is 1. The minimum absolute atomic E-state index is 0.183. The van der Waals surface area contributed by atoms with Crippen molar-refractivity contribution >= 4 is 73.7 Å². The molecule has 1 amide bonds. The molecule has 31 heavy (non-hydrogen) atoms. The van der Waals surface area contributed by atoms with Crippen molar-refractivity contribution in [1.82, 2.24) is 5.32 Å². The van der Waals surface area contributed by atoms with E-state index in [-0.39, 0.29) is 5.91 Å². The lowest BCUT2D eigenvalue weighted by molar-refractivity contribution is -0.115. The Bertz CT molecular complexity index is 1180. The van der Waals surface area contributed by atoms with Crippen molar-refractivity contribution in [2.45, 2.75) is 6.61 Å². The van der Waals surface area contributed by atoms with Crippen molar-refractivity contribution in [3.05, 3.63) is 97.3 Å². The monoisotopic (exact) mass is 532 g/mol. The number of thioether (sulfide) groups is 1. The maximum absolute atomic E-state index is 12.3. The number of nitrogens with zero attached hydrogens (tertiary/aromatic N) is 1. The predicted molar refractivity (Wildman–Crippen MR) is 132 cm³/mol. The van der Waals surface area contributed by atoms with Gasteiger partial charge in [-0.25, -0.2) is 4.99 Å². The topological polar surface area (TPSA) is 50.7 Å². The Morgan fingerprint density at radius 1 is 1.00 bits per heavy atom. The molecule has 0 aliphatic carbocycles. The maximum atomic E-state index is 12.3. The summed E-state index contributed by atoms with van der Waals surface area (Å²) in [5.41, 5.74) is 2.61. The molecular formula is C23H15BrCl2N2O2S. The van der Waals surface area contributed by atoms with Crippen LogP contribution in [0.25, 0.3) is 6.08 Å². The second-order valence-corrected chi connectivity index (χ2v) is 9.32. The van der Waals surface area contributed by atoms with Crippen molar-refractivity contribution in [1.29, 1.82) is 0 Å². The van der Waals surface area contributed by atoms with Crippen LogP contribution >= 0.6 is 50.9 Å². The first-order chi connectivity index (χ1) is 15.0. The van der Waals surface area contributed by atoms with E-state index in [9.17, 15) is 4.79 Å². The van der Waals surface area contributed by atoms with E-state index in [0.29, 0.717) is 32.5 Å². The smallest absolute Gasteiger partial charge is 0.264 e. The second-order valence-electron chi connectivity index (χ2n) is 6.56. The largest absolute Gasteiger partial charge is 0.488 e. The molecule has 1 fully saturated rings. The predicted octanol–water partition coefficient (Wildman–Crippen LogP) is 7.23. The van der Waals surface area contributed by atoms with E-state index in [0.717, 1.165) is 21.3 Å². The van der Waals surface area contributed by atoms with Gasteiger partial charge < -0.3 is 10.1 Å². The number of carbonyl (C=O) groups is 1. The zero-order chi connectivity index (χ0) is 21.8. The van der Waals surface area contributed by atoms with Crippen LogP contribution < -0.4 is 10.1 Å². The normalized spacial score (nSPS) is 16.0. The molecular weight excluding hydrogens is 519 g/mol. The Labute approximate surface area is 202 Å². The summed E-state index contributed by atoms with van der Waals surface area (Å²) < 4.78 is 6.68. The van der Waals surface area contributed by atoms with Crippen molar-refractivity contribution in [3.8, 4) is 5.75 Å². The number of hydrogen-bond donors (Lipinski definition) is 1. The van der Waals surface area contributed by atoms with E-state index in [4.69, 9.17) is 27.9 Å². The highest BCUT2D eigenvalue weighted by Crippen LogP contribution is 2.31. The van der Waals surface area contributed by atoms with E-state index in [1.165, 1.54) is 11.8 Å². The molecule has 0 spiro atoms. The second kappa shape index (κ2) is 9.92. The van der Waals surface area contributed by atoms with Gasteiger partial charge in [-0.2, -0.15) is 0 Å². The molecule has 0 bridgehead atoms. The number of aliphatic imine (C=N–C) groups is 1. The van der Waals surface area contributed by atoms with Crippen molar-refractivity contribution in [2.24, 2.45) is 4.99 Å². The van der Waals surface area contributed by atoms with E-state index >= 15 is 0 Å². The van der Waals surface area contributed by atoms with Gasteiger partial charge in [0, 0.05) is 10.0 Å². The highest BCUT2D eigenvalue weighted by Gasteiger charge is 2.23. The average Bonchev–Trinajstić information content (AvgIpc) is 3.09. The molecule has 4 nitrogen and oxygen atoms in total. The number of halogens is 3. The van der Waals surface area contributed by atoms with E-state index in [1.54, 1.807) is 24.3 Å². The van der Waals surface area contributed by atoms with Crippen LogP contribution in [0.4, 0.5) is 5.69 Å². The van der Waals surface area contributed by atoms with Crippen LogP contribution in [0.15, 0.2) is 81.1 Å². The van der Waals surface area contributed by atoms with Crippen molar-refractivity contribution in [3.63, 3.8) is 0 Å². The third-order valence-corrected chi connectivity index (χ3v) is 6.30. The molecule has 0 saturated carbocycles. The molecule has 8 heteroatoms. The van der Waals surface area contributed by atoms with Crippen LogP contribution in [-0.2, 0) is 11.4 Å². The van der Waals surface area contributed by atoms with Gasteiger partial charge in [-0.3, -0.25) is 4.79 Å². The third-order valence-electron chi connectivity index (χ3n) is 4.27. The Balaban J connectivity index is 1.44. The highest BCUT2D eigenvalue weighted by atomic mass is 79.9. The summed E-state index contributed by atoms with van der Waals surface area (Å²) in [5.74, 6) is 0.530. The van der Waals surface area contributed by atoms with Crippen LogP contribution in [0.2, 0.25) is 10.0 Å². The molecule has 1 aliphatic heterocycles. The van der Waals surface area contributed by atoms with Crippen LogP contribution in [-0.4, -0.2) is 11.1 Å². The van der Waals surface area contributed by atoms with Gasteiger partial charge in [-0.1, -0.05) is 41.4 Å². The summed E-state index contributed by atoms with van der Waals surface area (Å²) in [6.07, 6.45) is 1.82. The fourth-order valence-electron chi connectivity index (χ4n) is 2.73. The van der Waals surface area contributed by atoms with E-state index in [2.05, 4.69) is 26.2 Å². The molecule has 0 unspecified atom stereocenters. The number of rotatable bonds is 5. The number of benzene rings is 3. The molecule has 0 aromatic heterocycles. The van der Waals surface area contributed by atoms with Gasteiger partial charge in [-0.05, 0) is 93.4 Å². The van der Waals surface area contributed by atoms with Gasteiger partial charge in [0.25, 0.3) is 5.91 Å². The summed E-state index contributed by atoms with van der Waals surface area (Å²) in [4.78, 5) is 17.3. The van der Waals surface area contributed by atoms with Gasteiger partial charge in [0.1, 0.15) is 12.4 Å². The van der Waals surface area contributed by atoms with Crippen LogP contribution in [0, 0.1) is 0 Å². The highest BCUT2D eigenvalue weighted by molar-refractivity contribution is 9.10. The first-order valence-electron chi connectivity index (χ1n) is 9.18. The van der Waals surface area contributed by atoms with Gasteiger partial charge >= 0.3 is 0 Å². The van der Waals surface area contributed by atoms with Crippen molar-refractivity contribution < 1.29 is 9.53 Å². The van der Waals surface area contributed by atoms with Crippen LogP contribution in [0.1, 0.15) is 11.1 Å². The maximum Gasteiger partial charge on any atom is 0.264 e. The SMILES string of the molecule is O=C1NC(=Nc2ccc(Cl)cc2)S/C1=C\c1ccc(OCc2ccc(Cl)cc2)c(Br)c1. The average molecular weight is 534 g/mol. The van der Waals surface area contributed by atoms with Gasteiger partial charge in [0.15, 0.2) is 5.17 Å². The number of ether oxygens (including phenoxy) is 1. The lowest BCUT2D eigenvalue weighted by atomic mass is 10.2. The summed E-state index contributed by atoms with van der Waals surface area (Å²) in [6, 6.07) is 20.3. The Morgan fingerprint density at radius 3 is 2.35 bits per heavy atom. The summed E-state index contributed by atoms with van der Waals surface area (Å²) in [7, 11) is 0. The zero-order valence-electron chi connectivity index (χ0n) is 15.9. The minimum Gasteiger partial charge on any atom is -0.488 e. The molecule has 0 radical (unpaired) electrons. The van der Waals surface area contributed by atoms with Gasteiger partial charge in [-0.15, -0.1) is 0 Å². The number of hydrogen-bond acceptors (Lipinski definition) is 4. The van der Waals surface area contributed by atoms with E-state index < -0.39 is 0 Å². The molecule has 3 aromatic rings. The number of nitrogens with one attached hydrogen (secondary N) is 1. The fraction of sp³-hybridized carbons (Fsp3) is 0.0435. The van der Waals surface area contributed by atoms with Gasteiger partial charge in [0.05, 0.1) is 15.1 Å². The fourth-order valence-corrected chi connectivity index (χ4v) is 4.34. The number of carbonyl (C=O) groups excluding carboxylic acids is 1. The summed E-state index contributed by atoms with van der Waals surface area (Å²) in [5, 5.41) is 4.64. The first kappa shape index (κ1) is 22.0. The molecule has 1 aliphatic rings. The number of amides is 1. The Morgan fingerprint density at radius 2 is 1.68 bits per heavy atom. The zero-order valence-corrected chi connectivity index (χ0v) is 19.9. The molecule has 0 atom stereocenters. The molecule has 156 valence electrons. The summed E-state index contributed by atoms with van der Waals surface area (Å²) >= 11 is 16.6. The standard InChI is InChI=1S/C23H15BrCl2N2O2S/c24-19-11-15(3-10-20(19)30-13-14-1-4-16(25)5-2-14)12-21-22(29)28-23(31-21)27-18-8-6-17(26)7-9-18/h1-12H,13H2,(H,27,28,29)/b21-12-. The first-order valence-corrected chi connectivity index (χ1v) is 11.5. The van der Waals surface area contributed by atoms with Crippen molar-refractivity contribution in [2.75, 3.05) is 0 Å². The van der Waals surface area contributed by atoms with E-state index in [1.807, 2.05) is 48.5 Å². The van der Waals surface area contributed by atoms with Gasteiger partial charge in [0.2, 0.25) is 0 Å². The Hall–Kier alpha value is -2.25. The third kappa shape index (κ3) is 5.92. The molecule has 1 saturated heterocycles. The lowest BCUT2D eigenvalue weighted by Crippen LogP contribution is -2.19. The quantitative estimate of drug-likeness (QED) is 0.352. The Kier molecular flexibility index (Phi) is 7.02. The van der Waals surface area contributed by atoms with Crippen LogP contribution in [0.5, 0.6) is 5.75 Å².